The number of esters is 1. The molecule has 0 aliphatic carbocycles. The van der Waals surface area contributed by atoms with Gasteiger partial charge >= 0.3 is 5.97 Å². The van der Waals surface area contributed by atoms with E-state index in [0.717, 1.165) is 11.1 Å². The van der Waals surface area contributed by atoms with E-state index in [9.17, 15) is 4.79 Å². The fourth-order valence-electron chi connectivity index (χ4n) is 2.19. The van der Waals surface area contributed by atoms with Crippen LogP contribution in [0.25, 0.3) is 11.3 Å². The van der Waals surface area contributed by atoms with Gasteiger partial charge in [-0.3, -0.25) is 0 Å². The molecule has 23 heavy (non-hydrogen) atoms. The van der Waals surface area contributed by atoms with E-state index in [-0.39, 0.29) is 13.2 Å². The molecule has 0 unspecified atom stereocenters. The maximum atomic E-state index is 12.3. The van der Waals surface area contributed by atoms with Crippen LogP contribution in [0.1, 0.15) is 28.5 Å². The normalized spacial score (nSPS) is 10.4. The maximum Gasteiger partial charge on any atom is 0.342 e. The predicted molar refractivity (Wildman–Crippen MR) is 88.5 cm³/mol. The zero-order valence-corrected chi connectivity index (χ0v) is 13.6. The number of nitrogens with zero attached hydrogens (tertiary/aromatic N) is 2. The molecule has 0 atom stereocenters. The molecular weight excluding hydrogens is 294 g/mol. The number of nitrogens with one attached hydrogen (secondary N) is 1. The lowest BCUT2D eigenvalue weighted by Crippen LogP contribution is -2.15. The fourth-order valence-corrected chi connectivity index (χ4v) is 2.19. The van der Waals surface area contributed by atoms with E-state index in [2.05, 4.69) is 15.3 Å². The van der Waals surface area contributed by atoms with E-state index in [1.54, 1.807) is 13.8 Å². The first kappa shape index (κ1) is 16.9. The number of rotatable bonds is 6. The second-order valence-electron chi connectivity index (χ2n) is 5.09. The van der Waals surface area contributed by atoms with Crippen LogP contribution in [0.4, 0.5) is 5.95 Å². The highest BCUT2D eigenvalue weighted by Crippen LogP contribution is 2.26. The Hall–Kier alpha value is -2.47. The third-order valence-electron chi connectivity index (χ3n) is 3.29. The number of carbonyl (C=O) groups is 1. The van der Waals surface area contributed by atoms with Gasteiger partial charge in [-0.15, -0.1) is 0 Å². The van der Waals surface area contributed by atoms with Gasteiger partial charge in [0.25, 0.3) is 0 Å². The van der Waals surface area contributed by atoms with Gasteiger partial charge in [-0.2, -0.15) is 0 Å². The summed E-state index contributed by atoms with van der Waals surface area (Å²) in [6.07, 6.45) is 0. The summed E-state index contributed by atoms with van der Waals surface area (Å²) in [5, 5.41) is 11.9. The first-order valence-electron chi connectivity index (χ1n) is 7.54. The Morgan fingerprint density at radius 2 is 1.91 bits per heavy atom. The van der Waals surface area contributed by atoms with Crippen molar-refractivity contribution in [3.05, 3.63) is 41.1 Å². The first-order valence-corrected chi connectivity index (χ1v) is 7.54. The van der Waals surface area contributed by atoms with Crippen molar-refractivity contribution in [2.24, 2.45) is 0 Å². The van der Waals surface area contributed by atoms with Gasteiger partial charge in [0.05, 0.1) is 24.6 Å². The SMILES string of the molecule is CCOC(=O)c1c(C)nc(NCCO)nc1-c1ccc(C)cc1. The average Bonchev–Trinajstić information content (AvgIpc) is 2.53. The molecule has 122 valence electrons. The summed E-state index contributed by atoms with van der Waals surface area (Å²) >= 11 is 0. The molecule has 0 bridgehead atoms. The Labute approximate surface area is 135 Å². The standard InChI is InChI=1S/C17H21N3O3/c1-4-23-16(22)14-12(3)19-17(18-9-10-21)20-15(14)13-7-5-11(2)6-8-13/h5-8,21H,4,9-10H2,1-3H3,(H,18,19,20). The predicted octanol–water partition coefficient (Wildman–Crippen LogP) is 2.34. The van der Waals surface area contributed by atoms with Crippen molar-refractivity contribution < 1.29 is 14.6 Å². The van der Waals surface area contributed by atoms with Crippen LogP contribution in [-0.4, -0.2) is 40.8 Å². The Morgan fingerprint density at radius 3 is 2.52 bits per heavy atom. The van der Waals surface area contributed by atoms with Crippen LogP contribution in [0.2, 0.25) is 0 Å². The molecule has 0 fully saturated rings. The largest absolute Gasteiger partial charge is 0.462 e. The number of benzene rings is 1. The van der Waals surface area contributed by atoms with Crippen molar-refractivity contribution in [1.29, 1.82) is 0 Å². The molecule has 2 rings (SSSR count). The van der Waals surface area contributed by atoms with Gasteiger partial charge in [-0.1, -0.05) is 29.8 Å². The van der Waals surface area contributed by atoms with Crippen LogP contribution in [0, 0.1) is 13.8 Å². The van der Waals surface area contributed by atoms with Crippen LogP contribution in [0.15, 0.2) is 24.3 Å². The molecule has 0 aliphatic heterocycles. The fraction of sp³-hybridized carbons (Fsp3) is 0.353. The van der Waals surface area contributed by atoms with Crippen molar-refractivity contribution in [3.63, 3.8) is 0 Å². The van der Waals surface area contributed by atoms with E-state index >= 15 is 0 Å². The molecule has 0 spiro atoms. The summed E-state index contributed by atoms with van der Waals surface area (Å²) in [7, 11) is 0. The Kier molecular flexibility index (Phi) is 5.65. The van der Waals surface area contributed by atoms with Crippen molar-refractivity contribution in [1.82, 2.24) is 9.97 Å². The van der Waals surface area contributed by atoms with E-state index in [4.69, 9.17) is 9.84 Å². The Bertz CT molecular complexity index is 684. The summed E-state index contributed by atoms with van der Waals surface area (Å²) in [5.41, 5.74) is 3.36. The van der Waals surface area contributed by atoms with E-state index < -0.39 is 5.97 Å². The second-order valence-corrected chi connectivity index (χ2v) is 5.09. The summed E-state index contributed by atoms with van der Waals surface area (Å²) in [6, 6.07) is 7.75. The van der Waals surface area contributed by atoms with E-state index in [1.165, 1.54) is 0 Å². The van der Waals surface area contributed by atoms with Crippen LogP contribution >= 0.6 is 0 Å². The van der Waals surface area contributed by atoms with Gasteiger partial charge in [0.1, 0.15) is 5.56 Å². The van der Waals surface area contributed by atoms with E-state index in [0.29, 0.717) is 29.4 Å². The molecule has 0 radical (unpaired) electrons. The number of aliphatic hydroxyl groups is 1. The maximum absolute atomic E-state index is 12.3. The molecule has 1 aromatic heterocycles. The second kappa shape index (κ2) is 7.69. The number of aryl methyl sites for hydroxylation is 2. The first-order chi connectivity index (χ1) is 11.1. The third kappa shape index (κ3) is 4.04. The molecule has 6 heteroatoms. The highest BCUT2D eigenvalue weighted by molar-refractivity contribution is 5.97. The monoisotopic (exact) mass is 315 g/mol. The van der Waals surface area contributed by atoms with Gasteiger partial charge in [0.15, 0.2) is 0 Å². The lowest BCUT2D eigenvalue weighted by molar-refractivity contribution is 0.0525. The Balaban J connectivity index is 2.55. The third-order valence-corrected chi connectivity index (χ3v) is 3.29. The van der Waals surface area contributed by atoms with Crippen LogP contribution in [0.3, 0.4) is 0 Å². The van der Waals surface area contributed by atoms with Gasteiger partial charge < -0.3 is 15.2 Å². The minimum atomic E-state index is -0.436. The minimum absolute atomic E-state index is 0.0259. The highest BCUT2D eigenvalue weighted by atomic mass is 16.5. The lowest BCUT2D eigenvalue weighted by atomic mass is 10.0. The van der Waals surface area contributed by atoms with Crippen molar-refractivity contribution in [2.45, 2.75) is 20.8 Å². The van der Waals surface area contributed by atoms with Gasteiger partial charge in [0.2, 0.25) is 5.95 Å². The van der Waals surface area contributed by atoms with Crippen molar-refractivity contribution in [3.8, 4) is 11.3 Å². The lowest BCUT2D eigenvalue weighted by Gasteiger charge is -2.13. The summed E-state index contributed by atoms with van der Waals surface area (Å²) in [4.78, 5) is 21.0. The summed E-state index contributed by atoms with van der Waals surface area (Å²) in [6.45, 7) is 6.10. The quantitative estimate of drug-likeness (QED) is 0.796. The van der Waals surface area contributed by atoms with Crippen LogP contribution in [-0.2, 0) is 4.74 Å². The van der Waals surface area contributed by atoms with Crippen LogP contribution in [0.5, 0.6) is 0 Å². The summed E-state index contributed by atoms with van der Waals surface area (Å²) < 4.78 is 5.14. The number of hydrogen-bond donors (Lipinski definition) is 2. The highest BCUT2D eigenvalue weighted by Gasteiger charge is 2.21. The molecule has 6 nitrogen and oxygen atoms in total. The topological polar surface area (TPSA) is 84.3 Å². The van der Waals surface area contributed by atoms with Crippen molar-refractivity contribution in [2.75, 3.05) is 25.1 Å². The number of ether oxygens (including phenoxy) is 1. The van der Waals surface area contributed by atoms with Gasteiger partial charge in [-0.25, -0.2) is 14.8 Å². The van der Waals surface area contributed by atoms with Gasteiger partial charge in [-0.05, 0) is 20.8 Å². The zero-order valence-electron chi connectivity index (χ0n) is 13.6. The number of carbonyl (C=O) groups excluding carboxylic acids is 1. The molecule has 0 saturated carbocycles. The summed E-state index contributed by atoms with van der Waals surface area (Å²) in [5.74, 6) is -0.0607. The minimum Gasteiger partial charge on any atom is -0.462 e. The average molecular weight is 315 g/mol. The number of aromatic nitrogens is 2. The molecule has 2 N–H and O–H groups in total. The van der Waals surface area contributed by atoms with E-state index in [1.807, 2.05) is 31.2 Å². The number of anilines is 1. The molecule has 1 heterocycles. The molecule has 2 aromatic rings. The molecule has 0 aliphatic rings. The molecule has 1 aromatic carbocycles. The zero-order chi connectivity index (χ0) is 16.8. The molecule has 0 saturated heterocycles. The molecule has 0 amide bonds. The smallest absolute Gasteiger partial charge is 0.342 e. The van der Waals surface area contributed by atoms with Crippen molar-refractivity contribution >= 4 is 11.9 Å². The van der Waals surface area contributed by atoms with Crippen LogP contribution < -0.4 is 5.32 Å². The van der Waals surface area contributed by atoms with Gasteiger partial charge in [0, 0.05) is 12.1 Å². The molecular formula is C17H21N3O3. The number of hydrogen-bond acceptors (Lipinski definition) is 6. The number of aliphatic hydroxyl groups excluding tert-OH is 1. The Morgan fingerprint density at radius 1 is 1.22 bits per heavy atom.